The highest BCUT2D eigenvalue weighted by Crippen LogP contribution is 2.32. The van der Waals surface area contributed by atoms with Crippen LogP contribution in [-0.2, 0) is 0 Å². The lowest BCUT2D eigenvalue weighted by atomic mass is 9.49. The summed E-state index contributed by atoms with van der Waals surface area (Å²) < 4.78 is 2.17. The number of allylic oxidation sites excluding steroid dienone is 1. The monoisotopic (exact) mass is 1100 g/mol. The summed E-state index contributed by atoms with van der Waals surface area (Å²) in [5.41, 5.74) is 9.21. The van der Waals surface area contributed by atoms with Crippen molar-refractivity contribution in [2.45, 2.75) is 6.92 Å². The molecule has 0 amide bonds. The lowest BCUT2D eigenvalue weighted by Gasteiger charge is -2.32. The van der Waals surface area contributed by atoms with Gasteiger partial charge in [-0.3, -0.25) is 15.0 Å². The molecule has 3 heterocycles. The van der Waals surface area contributed by atoms with Gasteiger partial charge in [0, 0.05) is 34.4 Å². The average Bonchev–Trinajstić information content (AvgIpc) is 3.83. The Bertz CT molecular complexity index is 4290. The molecule has 11 rings (SSSR count). The molecule has 0 saturated heterocycles. The zero-order chi connectivity index (χ0) is 54.7. The predicted octanol–water partition coefficient (Wildman–Crippen LogP) is 10.9. The first kappa shape index (κ1) is 51.9. The van der Waals surface area contributed by atoms with Crippen molar-refractivity contribution in [3.05, 3.63) is 277 Å². The summed E-state index contributed by atoms with van der Waals surface area (Å²) in [6, 6.07) is 62.8. The summed E-state index contributed by atoms with van der Waals surface area (Å²) in [4.78, 5) is 26.2. The quantitative estimate of drug-likeness (QED) is 0.0703. The molecule has 0 radical (unpaired) electrons. The number of fused-ring (bicyclic) bond motifs is 2. The Morgan fingerprint density at radius 3 is 1.49 bits per heavy atom. The van der Waals surface area contributed by atoms with Gasteiger partial charge in [-0.25, -0.2) is 9.83 Å². The fraction of sp³-hybridized carbons (Fsp3) is 0.0159. The summed E-state index contributed by atoms with van der Waals surface area (Å²) in [5, 5.41) is 35.7. The zero-order valence-electron chi connectivity index (χ0n) is 41.8. The maximum Gasteiger partial charge on any atom is 0.327 e. The van der Waals surface area contributed by atoms with Gasteiger partial charge >= 0.3 is 13.7 Å². The summed E-state index contributed by atoms with van der Waals surface area (Å²) in [6.07, 6.45) is 4.87. The molecule has 2 N–H and O–H groups in total. The highest BCUT2D eigenvalue weighted by atomic mass is 35.5. The van der Waals surface area contributed by atoms with Crippen LogP contribution in [0, 0.1) is 24.8 Å². The molecule has 8 aromatic carbocycles. The molecule has 0 fully saturated rings. The molecule has 0 bridgehead atoms. The van der Waals surface area contributed by atoms with Gasteiger partial charge in [0.25, 0.3) is 0 Å². The number of aromatic hydroxyl groups is 2. The van der Waals surface area contributed by atoms with Crippen molar-refractivity contribution >= 4 is 121 Å². The normalized spacial score (nSPS) is 12.2. The number of phenols is 2. The van der Waals surface area contributed by atoms with E-state index < -0.39 is 13.7 Å². The van der Waals surface area contributed by atoms with Crippen LogP contribution in [0.25, 0.3) is 55.1 Å². The number of hydrogen-bond acceptors (Lipinski definition) is 8. The standard InChI is InChI=1S/C63H40B2Cl4N8O2/c1-39-59(62(41-25-29-48(79)30-26-41)76(64(43-15-7-3-8-16-43)44-17-9-4-10-18-44)38-42(35-70)57-36-72-53-31-49(66)51(68)33-55(53)74-57)63(60(71-2)58-37-73-54-32-50(67)52(69)34-56(54)75-58)77(61(39)40-23-27-47(78)28-24-40)65(45-19-11-5-12-20-45)46-21-13-6-14-22-46/h3-34,36-38,78-79H,1H3/b42-38-,62-59+,63-60?. The highest BCUT2D eigenvalue weighted by molar-refractivity contribution is 6.84. The number of nitrogens with zero attached hydrogens (tertiary/aromatic N) is 8. The van der Waals surface area contributed by atoms with Gasteiger partial charge in [-0.15, -0.1) is 0 Å². The molecule has 10 nitrogen and oxygen atoms in total. The second-order valence-electron chi connectivity index (χ2n) is 18.5. The number of phenolic OH excluding ortho intramolecular Hbond substituents is 2. The topological polar surface area (TPSA) is 128 Å². The molecule has 0 aliphatic carbocycles. The fourth-order valence-corrected chi connectivity index (χ4v) is 10.7. The smallest absolute Gasteiger partial charge is 0.327 e. The Balaban J connectivity index is 1.43. The van der Waals surface area contributed by atoms with Crippen molar-refractivity contribution in [2.24, 2.45) is 0 Å². The minimum atomic E-state index is -0.702. The zero-order valence-corrected chi connectivity index (χ0v) is 44.9. The summed E-state index contributed by atoms with van der Waals surface area (Å²) in [5.74, 6) is 0.0792. The molecule has 378 valence electrons. The van der Waals surface area contributed by atoms with Crippen LogP contribution in [0.1, 0.15) is 22.5 Å². The average molecular weight is 1100 g/mol. The molecule has 0 spiro atoms. The molecular weight excluding hydrogens is 1060 g/mol. The Morgan fingerprint density at radius 2 is 1.03 bits per heavy atom. The number of benzene rings is 8. The van der Waals surface area contributed by atoms with Crippen LogP contribution in [0.15, 0.2) is 213 Å². The van der Waals surface area contributed by atoms with Gasteiger partial charge in [0.2, 0.25) is 5.70 Å². The van der Waals surface area contributed by atoms with Crippen molar-refractivity contribution in [3.8, 4) is 28.8 Å². The SMILES string of the molecule is [C-]#[N+]C(c1cnc2cc(Cl)c(Cl)cc2n1)=c1/c(=C(\c2ccc(O)cc2)N(/C=C(/C#N)c2cnc3cc(Cl)c(Cl)cc3n2)B(c2ccccc2)c2ccccc2)c(C)c(-c2ccc(O)cc2)n1B(c1ccccc1)c1ccccc1. The van der Waals surface area contributed by atoms with Crippen molar-refractivity contribution in [3.63, 3.8) is 0 Å². The van der Waals surface area contributed by atoms with E-state index in [4.69, 9.17) is 66.3 Å². The summed E-state index contributed by atoms with van der Waals surface area (Å²) in [7, 11) is 0. The van der Waals surface area contributed by atoms with Crippen LogP contribution >= 0.6 is 46.4 Å². The van der Waals surface area contributed by atoms with E-state index in [1.807, 2.05) is 133 Å². The van der Waals surface area contributed by atoms with Gasteiger partial charge in [0.1, 0.15) is 23.3 Å². The molecule has 0 aliphatic heterocycles. The molecule has 11 aromatic rings. The molecule has 3 aromatic heterocycles. The molecule has 0 unspecified atom stereocenters. The van der Waals surface area contributed by atoms with E-state index in [0.717, 1.165) is 21.9 Å². The van der Waals surface area contributed by atoms with Gasteiger partial charge in [-0.1, -0.05) is 190 Å². The minimum absolute atomic E-state index is 0.0157. The first-order chi connectivity index (χ1) is 38.5. The van der Waals surface area contributed by atoms with Gasteiger partial charge in [-0.2, -0.15) is 5.26 Å². The maximum atomic E-state index is 11.5. The first-order valence-electron chi connectivity index (χ1n) is 24.8. The van der Waals surface area contributed by atoms with Gasteiger partial charge in [-0.05, 0) is 96.4 Å². The molecule has 0 aliphatic rings. The van der Waals surface area contributed by atoms with E-state index in [-0.39, 0.29) is 44.2 Å². The van der Waals surface area contributed by atoms with Crippen molar-refractivity contribution in [1.82, 2.24) is 29.2 Å². The third-order valence-corrected chi connectivity index (χ3v) is 15.1. The van der Waals surface area contributed by atoms with E-state index in [0.29, 0.717) is 70.8 Å². The number of hydrogen-bond donors (Lipinski definition) is 2. The lowest BCUT2D eigenvalue weighted by molar-refractivity contribution is 0.475. The predicted molar refractivity (Wildman–Crippen MR) is 321 cm³/mol. The van der Waals surface area contributed by atoms with E-state index in [1.165, 1.54) is 6.20 Å². The van der Waals surface area contributed by atoms with Gasteiger partial charge in [0.05, 0.1) is 66.2 Å². The number of rotatable bonds is 12. The second-order valence-corrected chi connectivity index (χ2v) is 20.1. The largest absolute Gasteiger partial charge is 0.508 e. The van der Waals surface area contributed by atoms with Crippen LogP contribution in [0.5, 0.6) is 11.5 Å². The van der Waals surface area contributed by atoms with E-state index >= 15 is 0 Å². The van der Waals surface area contributed by atoms with Crippen LogP contribution in [-0.4, -0.2) is 53.1 Å². The Hall–Kier alpha value is -9.13. The third-order valence-electron chi connectivity index (χ3n) is 13.6. The van der Waals surface area contributed by atoms with Crippen LogP contribution < -0.4 is 32.4 Å². The Morgan fingerprint density at radius 1 is 0.595 bits per heavy atom. The van der Waals surface area contributed by atoms with Crippen molar-refractivity contribution in [2.75, 3.05) is 0 Å². The van der Waals surface area contributed by atoms with Crippen molar-refractivity contribution < 1.29 is 10.2 Å². The molecular formula is C63H40B2Cl4N8O2. The fourth-order valence-electron chi connectivity index (χ4n) is 10.1. The minimum Gasteiger partial charge on any atom is -0.508 e. The van der Waals surface area contributed by atoms with E-state index in [9.17, 15) is 22.0 Å². The van der Waals surface area contributed by atoms with Gasteiger partial charge in [0.15, 0.2) is 0 Å². The lowest BCUT2D eigenvalue weighted by Crippen LogP contribution is -2.57. The first-order valence-corrected chi connectivity index (χ1v) is 26.3. The van der Waals surface area contributed by atoms with Crippen molar-refractivity contribution in [1.29, 1.82) is 5.26 Å². The molecule has 0 saturated carbocycles. The van der Waals surface area contributed by atoms with E-state index in [1.54, 1.807) is 60.9 Å². The maximum absolute atomic E-state index is 11.5. The molecule has 79 heavy (non-hydrogen) atoms. The number of nitriles is 1. The Labute approximate surface area is 475 Å². The molecule has 0 atom stereocenters. The Kier molecular flexibility index (Phi) is 14.8. The number of halogens is 4. The highest BCUT2D eigenvalue weighted by Gasteiger charge is 2.35. The van der Waals surface area contributed by atoms with Gasteiger partial charge < -0.3 is 19.5 Å². The third kappa shape index (κ3) is 10.3. The number of aromatic nitrogens is 5. The van der Waals surface area contributed by atoms with E-state index in [2.05, 4.69) is 39.7 Å². The second kappa shape index (κ2) is 22.5. The molecule has 16 heteroatoms. The van der Waals surface area contributed by atoms with Crippen LogP contribution in [0.2, 0.25) is 20.1 Å². The summed E-state index contributed by atoms with van der Waals surface area (Å²) in [6.45, 7) is 10.1. The summed E-state index contributed by atoms with van der Waals surface area (Å²) >= 11 is 26.2. The van der Waals surface area contributed by atoms with Crippen LogP contribution in [0.3, 0.4) is 0 Å². The van der Waals surface area contributed by atoms with Crippen LogP contribution in [0.4, 0.5) is 0 Å².